The number of nitriles is 1. The Morgan fingerprint density at radius 3 is 2.88 bits per heavy atom. The zero-order valence-electron chi connectivity index (χ0n) is 18.1. The van der Waals surface area contributed by atoms with Crippen LogP contribution in [0.5, 0.6) is 0 Å². The summed E-state index contributed by atoms with van der Waals surface area (Å²) in [5.41, 5.74) is 4.04. The topological polar surface area (TPSA) is 90.6 Å². The van der Waals surface area contributed by atoms with Gasteiger partial charge in [-0.15, -0.1) is 0 Å². The lowest BCUT2D eigenvalue weighted by Crippen LogP contribution is -2.42. The summed E-state index contributed by atoms with van der Waals surface area (Å²) in [5, 5.41) is 21.8. The predicted octanol–water partition coefficient (Wildman–Crippen LogP) is 4.24. The van der Waals surface area contributed by atoms with Crippen LogP contribution in [0.15, 0.2) is 61.1 Å². The van der Waals surface area contributed by atoms with Crippen molar-refractivity contribution in [2.24, 2.45) is 5.92 Å². The zero-order chi connectivity index (χ0) is 22.3. The molecule has 0 spiro atoms. The van der Waals surface area contributed by atoms with Gasteiger partial charge in [0.05, 0.1) is 29.5 Å². The van der Waals surface area contributed by atoms with E-state index in [4.69, 9.17) is 5.26 Å². The maximum atomic E-state index is 13.2. The highest BCUT2D eigenvalue weighted by Gasteiger charge is 2.41. The number of amides is 1. The number of hydrogen-bond donors (Lipinski definition) is 1. The fourth-order valence-corrected chi connectivity index (χ4v) is 4.81. The lowest BCUT2D eigenvalue weighted by atomic mass is 9.96. The number of aromatic nitrogens is 4. The Bertz CT molecular complexity index is 1330. The third kappa shape index (κ3) is 3.54. The van der Waals surface area contributed by atoms with E-state index in [0.717, 1.165) is 35.0 Å². The van der Waals surface area contributed by atoms with E-state index < -0.39 is 0 Å². The lowest BCUT2D eigenvalue weighted by Gasteiger charge is -2.31. The zero-order valence-corrected chi connectivity index (χ0v) is 18.1. The second-order valence-electron chi connectivity index (χ2n) is 9.08. The fraction of sp³-hybridized carbons (Fsp3) is 0.280. The largest absolute Gasteiger partial charge is 0.333 e. The highest BCUT2D eigenvalue weighted by molar-refractivity contribution is 5.95. The van der Waals surface area contributed by atoms with Crippen molar-refractivity contribution >= 4 is 16.8 Å². The van der Waals surface area contributed by atoms with Gasteiger partial charge in [-0.2, -0.15) is 15.5 Å². The molecule has 1 saturated heterocycles. The number of H-pyrrole nitrogens is 1. The number of aromatic amines is 1. The Kier molecular flexibility index (Phi) is 4.78. The Labute approximate surface area is 186 Å². The van der Waals surface area contributed by atoms with Gasteiger partial charge in [-0.1, -0.05) is 12.1 Å². The molecule has 1 amide bonds. The number of nitrogens with zero attached hydrogens (tertiary/aromatic N) is 5. The van der Waals surface area contributed by atoms with Gasteiger partial charge in [-0.25, -0.2) is 0 Å². The van der Waals surface area contributed by atoms with Crippen LogP contribution in [0.3, 0.4) is 0 Å². The molecule has 32 heavy (non-hydrogen) atoms. The number of rotatable bonds is 4. The number of likely N-dealkylation sites (tertiary alicyclic amines) is 1. The van der Waals surface area contributed by atoms with Crippen molar-refractivity contribution in [1.82, 2.24) is 24.9 Å². The summed E-state index contributed by atoms with van der Waals surface area (Å²) in [5.74, 6) is 0.273. The Hall–Kier alpha value is -3.92. The number of fused-ring (bicyclic) bond motifs is 1. The molecule has 2 aromatic carbocycles. The van der Waals surface area contributed by atoms with E-state index in [1.54, 1.807) is 24.3 Å². The van der Waals surface area contributed by atoms with Crippen molar-refractivity contribution in [3.63, 3.8) is 0 Å². The van der Waals surface area contributed by atoms with E-state index in [9.17, 15) is 4.79 Å². The molecule has 1 aliphatic heterocycles. The molecule has 0 radical (unpaired) electrons. The quantitative estimate of drug-likeness (QED) is 0.531. The van der Waals surface area contributed by atoms with E-state index in [0.29, 0.717) is 23.6 Å². The second-order valence-corrected chi connectivity index (χ2v) is 9.08. The number of hydrogen-bond acceptors (Lipinski definition) is 4. The molecule has 1 fully saturated rings. The third-order valence-corrected chi connectivity index (χ3v) is 6.35. The molecule has 160 valence electrons. The van der Waals surface area contributed by atoms with Gasteiger partial charge in [0, 0.05) is 41.3 Å². The van der Waals surface area contributed by atoms with Gasteiger partial charge < -0.3 is 4.90 Å². The normalized spacial score (nSPS) is 17.5. The van der Waals surface area contributed by atoms with Crippen LogP contribution < -0.4 is 0 Å². The van der Waals surface area contributed by atoms with E-state index in [2.05, 4.69) is 53.4 Å². The Morgan fingerprint density at radius 2 is 2.09 bits per heavy atom. The minimum Gasteiger partial charge on any atom is -0.333 e. The average molecular weight is 425 g/mol. The molecule has 2 aromatic heterocycles. The van der Waals surface area contributed by atoms with Crippen LogP contribution in [-0.4, -0.2) is 42.9 Å². The molecular weight excluding hydrogens is 400 g/mol. The maximum absolute atomic E-state index is 13.2. The average Bonchev–Trinajstić information content (AvgIpc) is 3.52. The van der Waals surface area contributed by atoms with Crippen molar-refractivity contribution < 1.29 is 4.79 Å². The molecular formula is C25H24N6O. The number of nitrogens with one attached hydrogen (secondary N) is 1. The first kappa shape index (κ1) is 20.0. The highest BCUT2D eigenvalue weighted by Crippen LogP contribution is 2.35. The predicted molar refractivity (Wildman–Crippen MR) is 122 cm³/mol. The van der Waals surface area contributed by atoms with E-state index >= 15 is 0 Å². The van der Waals surface area contributed by atoms with Crippen LogP contribution in [-0.2, 0) is 6.54 Å². The fourth-order valence-electron chi connectivity index (χ4n) is 4.81. The Morgan fingerprint density at radius 1 is 1.22 bits per heavy atom. The van der Waals surface area contributed by atoms with Crippen molar-refractivity contribution in [2.75, 3.05) is 6.54 Å². The van der Waals surface area contributed by atoms with Crippen LogP contribution in [0.4, 0.5) is 0 Å². The first-order chi connectivity index (χ1) is 15.4. The molecule has 1 atom stereocenters. The van der Waals surface area contributed by atoms with Gasteiger partial charge in [-0.3, -0.25) is 14.6 Å². The first-order valence-electron chi connectivity index (χ1n) is 10.7. The minimum absolute atomic E-state index is 0.0234. The summed E-state index contributed by atoms with van der Waals surface area (Å²) in [6, 6.07) is 15.4. The van der Waals surface area contributed by atoms with Crippen molar-refractivity contribution in [3.8, 4) is 17.2 Å². The van der Waals surface area contributed by atoms with E-state index in [1.807, 2.05) is 28.2 Å². The van der Waals surface area contributed by atoms with Crippen LogP contribution in [0.2, 0.25) is 0 Å². The van der Waals surface area contributed by atoms with Crippen molar-refractivity contribution in [2.45, 2.75) is 32.4 Å². The third-order valence-electron chi connectivity index (χ3n) is 6.35. The van der Waals surface area contributed by atoms with E-state index in [-0.39, 0.29) is 11.4 Å². The SMILES string of the molecule is CC1(C)CC(Cn2ncc3cc(-c4cn[nH]c4)ccc32)CN1C(=O)c1cccc(C#N)c1. The van der Waals surface area contributed by atoms with Crippen LogP contribution >= 0.6 is 0 Å². The first-order valence-corrected chi connectivity index (χ1v) is 10.7. The smallest absolute Gasteiger partial charge is 0.254 e. The number of benzene rings is 2. The molecule has 0 aliphatic carbocycles. The van der Waals surface area contributed by atoms with Gasteiger partial charge in [0.2, 0.25) is 0 Å². The van der Waals surface area contributed by atoms with Gasteiger partial charge in [0.1, 0.15) is 0 Å². The lowest BCUT2D eigenvalue weighted by molar-refractivity contribution is 0.0649. The molecule has 7 nitrogen and oxygen atoms in total. The van der Waals surface area contributed by atoms with Crippen LogP contribution in [0.1, 0.15) is 36.2 Å². The van der Waals surface area contributed by atoms with Crippen LogP contribution in [0, 0.1) is 17.2 Å². The number of carbonyl (C=O) groups is 1. The molecule has 1 aliphatic rings. The summed E-state index contributed by atoms with van der Waals surface area (Å²) in [6.45, 7) is 5.63. The molecule has 0 bridgehead atoms. The summed E-state index contributed by atoms with van der Waals surface area (Å²) >= 11 is 0. The summed E-state index contributed by atoms with van der Waals surface area (Å²) in [7, 11) is 0. The standard InChI is InChI=1S/C25H24N6O/c1-25(2)10-18(15-30(25)24(32)20-5-3-4-17(8-20)11-26)16-31-23-7-6-19(9-21(23)14-29-31)22-12-27-28-13-22/h3-9,12-14,18H,10,15-16H2,1-2H3,(H,27,28). The summed E-state index contributed by atoms with van der Waals surface area (Å²) in [4.78, 5) is 15.2. The molecule has 7 heteroatoms. The van der Waals surface area contributed by atoms with Crippen molar-refractivity contribution in [1.29, 1.82) is 5.26 Å². The molecule has 1 unspecified atom stereocenters. The summed E-state index contributed by atoms with van der Waals surface area (Å²) in [6.07, 6.45) is 6.48. The van der Waals surface area contributed by atoms with Crippen LogP contribution in [0.25, 0.3) is 22.0 Å². The molecule has 3 heterocycles. The Balaban J connectivity index is 1.36. The van der Waals surface area contributed by atoms with E-state index in [1.165, 1.54) is 0 Å². The second kappa shape index (κ2) is 7.65. The number of carbonyl (C=O) groups excluding carboxylic acids is 1. The molecule has 4 aromatic rings. The monoisotopic (exact) mass is 424 g/mol. The van der Waals surface area contributed by atoms with Gasteiger partial charge >= 0.3 is 0 Å². The molecule has 5 rings (SSSR count). The van der Waals surface area contributed by atoms with Gasteiger partial charge in [0.25, 0.3) is 5.91 Å². The maximum Gasteiger partial charge on any atom is 0.254 e. The van der Waals surface area contributed by atoms with Gasteiger partial charge in [-0.05, 0) is 62.1 Å². The summed E-state index contributed by atoms with van der Waals surface area (Å²) < 4.78 is 2.04. The highest BCUT2D eigenvalue weighted by atomic mass is 16.2. The molecule has 0 saturated carbocycles. The molecule has 1 N–H and O–H groups in total. The minimum atomic E-state index is -0.262. The van der Waals surface area contributed by atoms with Gasteiger partial charge in [0.15, 0.2) is 0 Å². The van der Waals surface area contributed by atoms with Crippen molar-refractivity contribution in [3.05, 3.63) is 72.2 Å².